The van der Waals surface area contributed by atoms with Crippen molar-refractivity contribution < 1.29 is 43.5 Å². The van der Waals surface area contributed by atoms with Gasteiger partial charge in [-0.25, -0.2) is 14.4 Å². The lowest BCUT2D eigenvalue weighted by Crippen LogP contribution is -2.31. The van der Waals surface area contributed by atoms with Gasteiger partial charge in [0.1, 0.15) is 24.4 Å². The number of aliphatic hydroxyl groups excluding tert-OH is 2. The second kappa shape index (κ2) is 21.5. The Hall–Kier alpha value is -4.47. The highest BCUT2D eigenvalue weighted by molar-refractivity contribution is 5.96. The van der Waals surface area contributed by atoms with Crippen LogP contribution in [0.25, 0.3) is 12.2 Å². The van der Waals surface area contributed by atoms with E-state index in [9.17, 15) is 24.6 Å². The van der Waals surface area contributed by atoms with E-state index in [1.165, 1.54) is 11.1 Å². The Kier molecular flexibility index (Phi) is 17.1. The van der Waals surface area contributed by atoms with Crippen molar-refractivity contribution in [2.45, 2.75) is 144 Å². The van der Waals surface area contributed by atoms with Crippen LogP contribution in [0.1, 0.15) is 135 Å². The van der Waals surface area contributed by atoms with E-state index in [-0.39, 0.29) is 60.0 Å². The second-order valence-corrected chi connectivity index (χ2v) is 16.5. The number of carbonyl (C=O) groups excluding carboxylic acids is 3. The molecule has 9 heteroatoms. The van der Waals surface area contributed by atoms with E-state index in [0.29, 0.717) is 24.0 Å². The van der Waals surface area contributed by atoms with Crippen molar-refractivity contribution in [3.63, 3.8) is 0 Å². The van der Waals surface area contributed by atoms with E-state index >= 15 is 0 Å². The molecule has 9 nitrogen and oxygen atoms in total. The summed E-state index contributed by atoms with van der Waals surface area (Å²) in [4.78, 5) is 37.7. The third-order valence-electron chi connectivity index (χ3n) is 11.5. The van der Waals surface area contributed by atoms with Gasteiger partial charge in [0, 0.05) is 30.1 Å². The molecule has 0 unspecified atom stereocenters. The molecule has 1 saturated heterocycles. The smallest absolute Gasteiger partial charge is 0.458 e. The Bertz CT molecular complexity index is 1850. The molecule has 0 spiro atoms. The first-order chi connectivity index (χ1) is 27.5. The minimum Gasteiger partial charge on any atom is -0.458 e. The Balaban J connectivity index is 0.000000257. The van der Waals surface area contributed by atoms with Gasteiger partial charge in [0.2, 0.25) is 0 Å². The van der Waals surface area contributed by atoms with Crippen molar-refractivity contribution in [2.24, 2.45) is 23.7 Å². The van der Waals surface area contributed by atoms with Gasteiger partial charge >= 0.3 is 18.1 Å². The van der Waals surface area contributed by atoms with Crippen LogP contribution in [0.15, 0.2) is 60.7 Å². The van der Waals surface area contributed by atoms with Gasteiger partial charge in [-0.3, -0.25) is 0 Å². The van der Waals surface area contributed by atoms with Crippen LogP contribution in [-0.2, 0) is 31.8 Å². The molecule has 0 bridgehead atoms. The average molecular weight is 799 g/mol. The lowest BCUT2D eigenvalue weighted by atomic mass is 9.93. The number of aliphatic hydroxyl groups is 2. The standard InChI is InChI=1S/C25H32O5.C24H34O4/c1-6-8-19-13-17(4)22-20(14-19)9-7-10-21-23(30-25(27)29-21)16(3)12-11-15(2)18(5)28-24(22)26;1-6-8-19-13-17(4)22-20(14-19)9-7-10-21(25)23(26)16(3)12-11-15(2)18(5)28-24(22)27/h7,9,11-16,18,21,23H,6,8,10H2,1-5H3;7,9,11-16,18,21,23,25-26H,6,8,10H2,1-5H3/b2*9-7+,12-11-/t2*15-,16-,18+,21+,23-/m11/s1. The van der Waals surface area contributed by atoms with E-state index in [1.807, 2.05) is 110 Å². The van der Waals surface area contributed by atoms with Crippen molar-refractivity contribution >= 4 is 30.2 Å². The summed E-state index contributed by atoms with van der Waals surface area (Å²) in [6.07, 6.45) is 16.6. The number of ether oxygens (including phenoxy) is 4. The second-order valence-electron chi connectivity index (χ2n) is 16.5. The van der Waals surface area contributed by atoms with Gasteiger partial charge in [-0.15, -0.1) is 0 Å². The number of carbonyl (C=O) groups is 3. The maximum atomic E-state index is 13.0. The first kappa shape index (κ1) is 46.2. The van der Waals surface area contributed by atoms with Gasteiger partial charge in [0.05, 0.1) is 23.3 Å². The summed E-state index contributed by atoms with van der Waals surface area (Å²) in [5, 5.41) is 20.7. The topological polar surface area (TPSA) is 129 Å². The number of esters is 2. The molecule has 316 valence electrons. The minimum atomic E-state index is -0.859. The summed E-state index contributed by atoms with van der Waals surface area (Å²) in [5.41, 5.74) is 6.98. The van der Waals surface area contributed by atoms with E-state index in [0.717, 1.165) is 47.9 Å². The van der Waals surface area contributed by atoms with Crippen LogP contribution in [0.5, 0.6) is 0 Å². The van der Waals surface area contributed by atoms with Gasteiger partial charge in [-0.1, -0.05) is 127 Å². The SMILES string of the molecule is CCCc1cc(C)c2c(c1)/C=C/C[C@@H]1OC(=O)O[C@@H]1[C@H](C)/C=C\[C@@H](C)[C@H](C)OC2=O.CCCc1cc(C)c2c(c1)/C=C/C[C@H](O)[C@H](O)[C@H](C)/C=C\[C@@H](C)[C@H](C)OC2=O. The lowest BCUT2D eigenvalue weighted by Gasteiger charge is -2.23. The molecule has 3 aliphatic heterocycles. The van der Waals surface area contributed by atoms with Crippen molar-refractivity contribution in [2.75, 3.05) is 0 Å². The van der Waals surface area contributed by atoms with Crippen LogP contribution < -0.4 is 0 Å². The van der Waals surface area contributed by atoms with Gasteiger partial charge in [0.15, 0.2) is 0 Å². The molecule has 1 fully saturated rings. The fraction of sp³-hybridized carbons (Fsp3) is 0.531. The first-order valence-electron chi connectivity index (χ1n) is 21.2. The molecule has 10 atom stereocenters. The van der Waals surface area contributed by atoms with E-state index in [4.69, 9.17) is 18.9 Å². The molecule has 2 aromatic carbocycles. The lowest BCUT2D eigenvalue weighted by molar-refractivity contribution is 0.000593. The van der Waals surface area contributed by atoms with E-state index in [2.05, 4.69) is 32.0 Å². The molecule has 5 rings (SSSR count). The maximum Gasteiger partial charge on any atom is 0.509 e. The third kappa shape index (κ3) is 12.3. The molecule has 0 amide bonds. The van der Waals surface area contributed by atoms with Crippen LogP contribution in [0, 0.1) is 37.5 Å². The zero-order chi connectivity index (χ0) is 42.7. The van der Waals surface area contributed by atoms with Crippen LogP contribution in [0.4, 0.5) is 4.79 Å². The Morgan fingerprint density at radius 3 is 1.52 bits per heavy atom. The molecule has 3 aliphatic rings. The van der Waals surface area contributed by atoms with E-state index in [1.54, 1.807) is 0 Å². The quantitative estimate of drug-likeness (QED) is 0.176. The molecular weight excluding hydrogens is 733 g/mol. The summed E-state index contributed by atoms with van der Waals surface area (Å²) < 4.78 is 22.4. The van der Waals surface area contributed by atoms with E-state index < -0.39 is 18.4 Å². The zero-order valence-corrected chi connectivity index (χ0v) is 36.2. The van der Waals surface area contributed by atoms with Crippen molar-refractivity contribution in [1.29, 1.82) is 0 Å². The minimum absolute atomic E-state index is 0.00246. The number of aryl methyl sites for hydroxylation is 4. The number of hydrogen-bond donors (Lipinski definition) is 2. The van der Waals surface area contributed by atoms with Gasteiger partial charge in [-0.2, -0.15) is 0 Å². The molecule has 0 radical (unpaired) electrons. The Labute approximate surface area is 346 Å². The number of hydrogen-bond acceptors (Lipinski definition) is 9. The van der Waals surface area contributed by atoms with Gasteiger partial charge in [0.25, 0.3) is 0 Å². The number of benzene rings is 2. The largest absolute Gasteiger partial charge is 0.509 e. The molecule has 2 N–H and O–H groups in total. The summed E-state index contributed by atoms with van der Waals surface area (Å²) in [5.74, 6) is -0.803. The monoisotopic (exact) mass is 798 g/mol. The molecule has 3 heterocycles. The first-order valence-corrected chi connectivity index (χ1v) is 21.2. The van der Waals surface area contributed by atoms with Crippen LogP contribution in [0.2, 0.25) is 0 Å². The highest BCUT2D eigenvalue weighted by Crippen LogP contribution is 2.29. The number of cyclic esters (lactones) is 2. The van der Waals surface area contributed by atoms with Crippen LogP contribution in [-0.4, -0.2) is 64.9 Å². The highest BCUT2D eigenvalue weighted by Gasteiger charge is 2.39. The predicted molar refractivity (Wildman–Crippen MR) is 229 cm³/mol. The molecular formula is C49H66O9. The summed E-state index contributed by atoms with van der Waals surface area (Å²) in [6, 6.07) is 8.20. The Morgan fingerprint density at radius 1 is 0.586 bits per heavy atom. The molecule has 2 aromatic rings. The molecule has 58 heavy (non-hydrogen) atoms. The van der Waals surface area contributed by atoms with Crippen molar-refractivity contribution in [3.05, 3.63) is 105 Å². The summed E-state index contributed by atoms with van der Waals surface area (Å²) >= 11 is 0. The van der Waals surface area contributed by atoms with Gasteiger partial charge in [-0.05, 0) is 80.3 Å². The van der Waals surface area contributed by atoms with Crippen molar-refractivity contribution in [3.8, 4) is 0 Å². The number of rotatable bonds is 4. The molecule has 0 aliphatic carbocycles. The van der Waals surface area contributed by atoms with Gasteiger partial charge < -0.3 is 29.2 Å². The molecule has 0 aromatic heterocycles. The normalized spacial score (nSPS) is 31.4. The predicted octanol–water partition coefficient (Wildman–Crippen LogP) is 10.1. The fourth-order valence-electron chi connectivity index (χ4n) is 7.56. The summed E-state index contributed by atoms with van der Waals surface area (Å²) in [7, 11) is 0. The van der Waals surface area contributed by atoms with Crippen LogP contribution >= 0.6 is 0 Å². The highest BCUT2D eigenvalue weighted by atomic mass is 16.8. The zero-order valence-electron chi connectivity index (χ0n) is 36.2. The summed E-state index contributed by atoms with van der Waals surface area (Å²) in [6.45, 7) is 19.8. The van der Waals surface area contributed by atoms with Crippen molar-refractivity contribution in [1.82, 2.24) is 0 Å². The number of fused-ring (bicyclic) bond motifs is 3. The Morgan fingerprint density at radius 2 is 1.03 bits per heavy atom. The third-order valence-corrected chi connectivity index (χ3v) is 11.5. The van der Waals surface area contributed by atoms with Crippen LogP contribution in [0.3, 0.4) is 0 Å². The average Bonchev–Trinajstić information content (AvgIpc) is 3.54. The molecule has 0 saturated carbocycles. The fourth-order valence-corrected chi connectivity index (χ4v) is 7.56. The maximum absolute atomic E-state index is 13.0.